The molecule has 0 radical (unpaired) electrons. The van der Waals surface area contributed by atoms with Gasteiger partial charge < -0.3 is 20.6 Å². The summed E-state index contributed by atoms with van der Waals surface area (Å²) in [6, 6.07) is 10.3. The Labute approximate surface area is 138 Å². The van der Waals surface area contributed by atoms with Crippen molar-refractivity contribution in [3.63, 3.8) is 0 Å². The highest BCUT2D eigenvalue weighted by molar-refractivity contribution is 5.74. The number of benzene rings is 1. The second kappa shape index (κ2) is 7.79. The van der Waals surface area contributed by atoms with E-state index in [0.717, 1.165) is 24.7 Å². The van der Waals surface area contributed by atoms with E-state index in [-0.39, 0.29) is 18.7 Å². The molecule has 1 aliphatic heterocycles. The van der Waals surface area contributed by atoms with E-state index in [1.54, 1.807) is 0 Å². The maximum atomic E-state index is 12.0. The van der Waals surface area contributed by atoms with Crippen LogP contribution >= 0.6 is 0 Å². The molecule has 3 N–H and O–H groups in total. The number of nitrogens with zero attached hydrogens (tertiary/aromatic N) is 1. The molecule has 23 heavy (non-hydrogen) atoms. The molecule has 0 bridgehead atoms. The van der Waals surface area contributed by atoms with Crippen LogP contribution in [0.2, 0.25) is 0 Å². The molecule has 2 amide bonds. The van der Waals surface area contributed by atoms with Gasteiger partial charge in [0.05, 0.1) is 12.6 Å². The van der Waals surface area contributed by atoms with Crippen LogP contribution in [-0.2, 0) is 6.42 Å². The number of nitrogens with one attached hydrogen (secondary N) is 2. The van der Waals surface area contributed by atoms with Crippen molar-refractivity contribution in [3.05, 3.63) is 35.9 Å². The zero-order valence-electron chi connectivity index (χ0n) is 13.6. The fourth-order valence-electron chi connectivity index (χ4n) is 3.33. The van der Waals surface area contributed by atoms with Crippen LogP contribution in [0.3, 0.4) is 0 Å². The van der Waals surface area contributed by atoms with Gasteiger partial charge in [-0.3, -0.25) is 0 Å². The predicted molar refractivity (Wildman–Crippen MR) is 90.3 cm³/mol. The monoisotopic (exact) mass is 317 g/mol. The molecular weight excluding hydrogens is 290 g/mol. The molecule has 0 aromatic heterocycles. The number of hydrogen-bond acceptors (Lipinski definition) is 3. The van der Waals surface area contributed by atoms with Gasteiger partial charge in [0.25, 0.3) is 0 Å². The van der Waals surface area contributed by atoms with Gasteiger partial charge in [-0.05, 0) is 43.7 Å². The number of carbonyl (C=O) groups excluding carboxylic acids is 1. The summed E-state index contributed by atoms with van der Waals surface area (Å²) in [5.41, 5.74) is 1.11. The SMILES string of the molecule is O=C(NCC1CCN(C2CC2)C1)NC(CO)Cc1ccccc1. The van der Waals surface area contributed by atoms with Gasteiger partial charge in [-0.1, -0.05) is 30.3 Å². The number of amides is 2. The number of aliphatic hydroxyl groups is 1. The number of carbonyl (C=O) groups is 1. The number of likely N-dealkylation sites (tertiary alicyclic amines) is 1. The maximum absolute atomic E-state index is 12.0. The Morgan fingerprint density at radius 2 is 2.04 bits per heavy atom. The average Bonchev–Trinajstić information content (AvgIpc) is 3.32. The van der Waals surface area contributed by atoms with Crippen molar-refractivity contribution in [1.29, 1.82) is 0 Å². The van der Waals surface area contributed by atoms with Crippen molar-refractivity contribution in [2.45, 2.75) is 37.8 Å². The molecule has 5 nitrogen and oxygen atoms in total. The van der Waals surface area contributed by atoms with Crippen molar-refractivity contribution in [2.24, 2.45) is 5.92 Å². The van der Waals surface area contributed by atoms with Crippen molar-refractivity contribution in [1.82, 2.24) is 15.5 Å². The summed E-state index contributed by atoms with van der Waals surface area (Å²) >= 11 is 0. The first-order valence-corrected chi connectivity index (χ1v) is 8.68. The minimum absolute atomic E-state index is 0.0544. The summed E-state index contributed by atoms with van der Waals surface area (Å²) < 4.78 is 0. The van der Waals surface area contributed by atoms with Gasteiger partial charge in [0.2, 0.25) is 0 Å². The molecule has 2 atom stereocenters. The second-order valence-corrected chi connectivity index (χ2v) is 6.80. The Morgan fingerprint density at radius 3 is 2.74 bits per heavy atom. The standard InChI is InChI=1S/C18H27N3O2/c22-13-16(10-14-4-2-1-3-5-14)20-18(23)19-11-15-8-9-21(12-15)17-6-7-17/h1-5,15-17,22H,6-13H2,(H2,19,20,23). The first-order valence-electron chi connectivity index (χ1n) is 8.68. The number of aliphatic hydroxyl groups excluding tert-OH is 1. The van der Waals surface area contributed by atoms with Gasteiger partial charge in [0.15, 0.2) is 0 Å². The van der Waals surface area contributed by atoms with Crippen molar-refractivity contribution in [2.75, 3.05) is 26.2 Å². The Kier molecular flexibility index (Phi) is 5.51. The lowest BCUT2D eigenvalue weighted by Gasteiger charge is -2.18. The number of rotatable bonds is 7. The van der Waals surface area contributed by atoms with E-state index in [1.807, 2.05) is 30.3 Å². The molecule has 0 spiro atoms. The highest BCUT2D eigenvalue weighted by atomic mass is 16.3. The second-order valence-electron chi connectivity index (χ2n) is 6.80. The van der Waals surface area contributed by atoms with E-state index >= 15 is 0 Å². The van der Waals surface area contributed by atoms with Crippen LogP contribution in [0.25, 0.3) is 0 Å². The van der Waals surface area contributed by atoms with Gasteiger partial charge in [-0.15, -0.1) is 0 Å². The third kappa shape index (κ3) is 4.94. The lowest BCUT2D eigenvalue weighted by molar-refractivity contribution is 0.214. The third-order valence-electron chi connectivity index (χ3n) is 4.81. The van der Waals surface area contributed by atoms with Crippen molar-refractivity contribution in [3.8, 4) is 0 Å². The Hall–Kier alpha value is -1.59. The Morgan fingerprint density at radius 1 is 1.26 bits per heavy atom. The zero-order chi connectivity index (χ0) is 16.1. The van der Waals surface area contributed by atoms with E-state index < -0.39 is 0 Å². The topological polar surface area (TPSA) is 64.6 Å². The van der Waals surface area contributed by atoms with E-state index in [4.69, 9.17) is 0 Å². The van der Waals surface area contributed by atoms with Crippen LogP contribution in [0, 0.1) is 5.92 Å². The van der Waals surface area contributed by atoms with E-state index in [0.29, 0.717) is 12.3 Å². The fraction of sp³-hybridized carbons (Fsp3) is 0.611. The molecular formula is C18H27N3O2. The summed E-state index contributed by atoms with van der Waals surface area (Å²) in [7, 11) is 0. The summed E-state index contributed by atoms with van der Waals surface area (Å²) in [6.07, 6.45) is 4.50. The van der Waals surface area contributed by atoms with E-state index in [2.05, 4.69) is 15.5 Å². The van der Waals surface area contributed by atoms with Gasteiger partial charge >= 0.3 is 6.03 Å². The van der Waals surface area contributed by atoms with Crippen LogP contribution in [0.4, 0.5) is 4.79 Å². The molecule has 1 saturated heterocycles. The zero-order valence-corrected chi connectivity index (χ0v) is 13.6. The smallest absolute Gasteiger partial charge is 0.315 e. The lowest BCUT2D eigenvalue weighted by atomic mass is 10.1. The van der Waals surface area contributed by atoms with Crippen LogP contribution in [0.1, 0.15) is 24.8 Å². The number of hydrogen-bond donors (Lipinski definition) is 3. The van der Waals surface area contributed by atoms with Gasteiger partial charge in [0.1, 0.15) is 0 Å². The molecule has 1 saturated carbocycles. The molecule has 1 heterocycles. The van der Waals surface area contributed by atoms with Crippen molar-refractivity contribution >= 4 is 6.03 Å². The summed E-state index contributed by atoms with van der Waals surface area (Å²) in [5, 5.41) is 15.3. The molecule has 1 aromatic rings. The molecule has 2 fully saturated rings. The Bertz CT molecular complexity index is 504. The van der Waals surface area contributed by atoms with Crippen LogP contribution < -0.4 is 10.6 Å². The van der Waals surface area contributed by atoms with Crippen LogP contribution in [-0.4, -0.2) is 54.4 Å². The molecule has 5 heteroatoms. The van der Waals surface area contributed by atoms with Gasteiger partial charge in [0, 0.05) is 19.1 Å². The van der Waals surface area contributed by atoms with Crippen LogP contribution in [0.5, 0.6) is 0 Å². The molecule has 3 rings (SSSR count). The summed E-state index contributed by atoms with van der Waals surface area (Å²) in [5.74, 6) is 0.558. The highest BCUT2D eigenvalue weighted by Gasteiger charge is 2.34. The molecule has 1 aliphatic carbocycles. The minimum atomic E-state index is -0.246. The molecule has 2 unspecified atom stereocenters. The quantitative estimate of drug-likeness (QED) is 0.712. The highest BCUT2D eigenvalue weighted by Crippen LogP contribution is 2.31. The third-order valence-corrected chi connectivity index (χ3v) is 4.81. The molecule has 126 valence electrons. The minimum Gasteiger partial charge on any atom is -0.394 e. The number of urea groups is 1. The van der Waals surface area contributed by atoms with E-state index in [1.165, 1.54) is 25.8 Å². The Balaban J connectivity index is 1.37. The molecule has 1 aromatic carbocycles. The first-order chi connectivity index (χ1) is 11.2. The largest absolute Gasteiger partial charge is 0.394 e. The summed E-state index contributed by atoms with van der Waals surface area (Å²) in [6.45, 7) is 2.95. The van der Waals surface area contributed by atoms with Gasteiger partial charge in [-0.25, -0.2) is 4.79 Å². The van der Waals surface area contributed by atoms with Gasteiger partial charge in [-0.2, -0.15) is 0 Å². The maximum Gasteiger partial charge on any atom is 0.315 e. The van der Waals surface area contributed by atoms with Crippen LogP contribution in [0.15, 0.2) is 30.3 Å². The fourth-order valence-corrected chi connectivity index (χ4v) is 3.33. The normalized spacial score (nSPS) is 22.7. The van der Waals surface area contributed by atoms with E-state index in [9.17, 15) is 9.90 Å². The summed E-state index contributed by atoms with van der Waals surface area (Å²) in [4.78, 5) is 14.6. The predicted octanol–water partition coefficient (Wildman–Crippen LogP) is 1.37. The van der Waals surface area contributed by atoms with Crippen molar-refractivity contribution < 1.29 is 9.90 Å². The lowest BCUT2D eigenvalue weighted by Crippen LogP contribution is -2.46. The molecule has 2 aliphatic rings. The first kappa shape index (κ1) is 16.3. The average molecular weight is 317 g/mol.